The maximum atomic E-state index is 10.6. The lowest BCUT2D eigenvalue weighted by molar-refractivity contribution is -0.303. The van der Waals surface area contributed by atoms with Crippen molar-refractivity contribution in [3.8, 4) is 0 Å². The molecule has 0 aliphatic carbocycles. The van der Waals surface area contributed by atoms with Gasteiger partial charge in [-0.25, -0.2) is 0 Å². The highest BCUT2D eigenvalue weighted by atomic mass is 16.7. The second-order valence-electron chi connectivity index (χ2n) is 6.77. The highest BCUT2D eigenvalue weighted by molar-refractivity contribution is 5.00. The average molecular weight is 299 g/mol. The Morgan fingerprint density at radius 3 is 2.14 bits per heavy atom. The Morgan fingerprint density at radius 1 is 1.05 bits per heavy atom. The fraction of sp³-hybridized carbons (Fsp3) is 1.00. The molecular formula is C17H33NO3. The van der Waals surface area contributed by atoms with Crippen molar-refractivity contribution in [1.82, 2.24) is 5.48 Å². The molecule has 5 unspecified atom stereocenters. The number of rotatable bonds is 9. The SMILES string of the molecule is CCCCCC(CCCCC)C1OC(C)C2NOC2C1O. The van der Waals surface area contributed by atoms with Gasteiger partial charge in [0.15, 0.2) is 0 Å². The van der Waals surface area contributed by atoms with Crippen LogP contribution in [-0.4, -0.2) is 35.6 Å². The number of fused-ring (bicyclic) bond motifs is 1. The van der Waals surface area contributed by atoms with E-state index >= 15 is 0 Å². The van der Waals surface area contributed by atoms with E-state index in [1.165, 1.54) is 38.5 Å². The first kappa shape index (κ1) is 17.2. The number of aliphatic hydroxyl groups is 1. The molecule has 4 nitrogen and oxygen atoms in total. The van der Waals surface area contributed by atoms with E-state index < -0.39 is 6.10 Å². The van der Waals surface area contributed by atoms with Gasteiger partial charge in [0.1, 0.15) is 12.2 Å². The molecule has 0 aromatic carbocycles. The van der Waals surface area contributed by atoms with Gasteiger partial charge < -0.3 is 9.84 Å². The summed E-state index contributed by atoms with van der Waals surface area (Å²) >= 11 is 0. The van der Waals surface area contributed by atoms with Crippen molar-refractivity contribution in [3.63, 3.8) is 0 Å². The molecule has 5 atom stereocenters. The first-order chi connectivity index (χ1) is 10.2. The van der Waals surface area contributed by atoms with Crippen LogP contribution in [0.2, 0.25) is 0 Å². The number of aliphatic hydroxyl groups excluding tert-OH is 1. The summed E-state index contributed by atoms with van der Waals surface area (Å²) in [4.78, 5) is 5.37. The predicted molar refractivity (Wildman–Crippen MR) is 83.9 cm³/mol. The Bertz CT molecular complexity index is 290. The van der Waals surface area contributed by atoms with Crippen LogP contribution >= 0.6 is 0 Å². The van der Waals surface area contributed by atoms with Gasteiger partial charge in [-0.3, -0.25) is 4.84 Å². The number of ether oxygens (including phenoxy) is 1. The average Bonchev–Trinajstić information content (AvgIpc) is 2.41. The minimum Gasteiger partial charge on any atom is -0.388 e. The number of unbranched alkanes of at least 4 members (excludes halogenated alkanes) is 4. The third-order valence-electron chi connectivity index (χ3n) is 5.07. The zero-order valence-electron chi connectivity index (χ0n) is 13.9. The quantitative estimate of drug-likeness (QED) is 0.642. The molecule has 2 rings (SSSR count). The van der Waals surface area contributed by atoms with E-state index in [-0.39, 0.29) is 24.4 Å². The fourth-order valence-corrected chi connectivity index (χ4v) is 3.65. The molecule has 0 aromatic heterocycles. The van der Waals surface area contributed by atoms with Gasteiger partial charge in [-0.2, -0.15) is 5.48 Å². The van der Waals surface area contributed by atoms with Crippen molar-refractivity contribution >= 4 is 0 Å². The van der Waals surface area contributed by atoms with E-state index in [0.717, 1.165) is 12.8 Å². The van der Waals surface area contributed by atoms with Crippen molar-refractivity contribution in [2.45, 2.75) is 103 Å². The first-order valence-electron chi connectivity index (χ1n) is 8.93. The molecule has 2 saturated heterocycles. The number of hydrogen-bond acceptors (Lipinski definition) is 4. The third kappa shape index (κ3) is 4.19. The van der Waals surface area contributed by atoms with Gasteiger partial charge in [0.2, 0.25) is 0 Å². The molecule has 2 aliphatic heterocycles. The molecular weight excluding hydrogens is 266 g/mol. The highest BCUT2D eigenvalue weighted by Crippen LogP contribution is 2.35. The largest absolute Gasteiger partial charge is 0.388 e. The molecule has 124 valence electrons. The molecule has 2 heterocycles. The molecule has 2 N–H and O–H groups in total. The molecule has 2 fully saturated rings. The van der Waals surface area contributed by atoms with Crippen LogP contribution in [0.4, 0.5) is 0 Å². The molecule has 0 bridgehead atoms. The summed E-state index contributed by atoms with van der Waals surface area (Å²) in [5, 5.41) is 10.6. The maximum Gasteiger partial charge on any atom is 0.127 e. The van der Waals surface area contributed by atoms with Gasteiger partial charge in [0.25, 0.3) is 0 Å². The van der Waals surface area contributed by atoms with Crippen LogP contribution in [0, 0.1) is 5.92 Å². The summed E-state index contributed by atoms with van der Waals surface area (Å²) in [6, 6.07) is 0.156. The molecule has 0 spiro atoms. The standard InChI is InChI=1S/C17H33NO3/c1-4-6-8-10-13(11-9-7-5-2)16-15(19)17-14(18-21-17)12(3)20-16/h12-19H,4-11H2,1-3H3. The van der Waals surface area contributed by atoms with E-state index in [1.807, 2.05) is 0 Å². The highest BCUT2D eigenvalue weighted by Gasteiger charge is 2.51. The summed E-state index contributed by atoms with van der Waals surface area (Å²) in [5.41, 5.74) is 2.91. The van der Waals surface area contributed by atoms with Gasteiger partial charge in [-0.05, 0) is 25.7 Å². The summed E-state index contributed by atoms with van der Waals surface area (Å²) in [6.45, 7) is 6.55. The van der Waals surface area contributed by atoms with Crippen LogP contribution in [0.5, 0.6) is 0 Å². The van der Waals surface area contributed by atoms with E-state index in [2.05, 4.69) is 26.3 Å². The lowest BCUT2D eigenvalue weighted by atomic mass is 9.81. The van der Waals surface area contributed by atoms with Gasteiger partial charge in [0.05, 0.1) is 18.2 Å². The van der Waals surface area contributed by atoms with Crippen molar-refractivity contribution < 1.29 is 14.7 Å². The second-order valence-corrected chi connectivity index (χ2v) is 6.77. The van der Waals surface area contributed by atoms with Crippen molar-refractivity contribution in [3.05, 3.63) is 0 Å². The Morgan fingerprint density at radius 2 is 1.67 bits per heavy atom. The lowest BCUT2D eigenvalue weighted by Crippen LogP contribution is -2.72. The molecule has 0 amide bonds. The smallest absolute Gasteiger partial charge is 0.127 e. The third-order valence-corrected chi connectivity index (χ3v) is 5.07. The summed E-state index contributed by atoms with van der Waals surface area (Å²) in [7, 11) is 0. The van der Waals surface area contributed by atoms with Gasteiger partial charge in [-0.15, -0.1) is 0 Å². The maximum absolute atomic E-state index is 10.6. The Labute approximate surface area is 129 Å². The molecule has 0 saturated carbocycles. The molecule has 0 aromatic rings. The van der Waals surface area contributed by atoms with E-state index in [1.54, 1.807) is 0 Å². The van der Waals surface area contributed by atoms with Crippen LogP contribution in [0.25, 0.3) is 0 Å². The normalized spacial score (nSPS) is 35.6. The summed E-state index contributed by atoms with van der Waals surface area (Å²) in [5.74, 6) is 0.464. The van der Waals surface area contributed by atoms with Gasteiger partial charge in [0, 0.05) is 0 Å². The topological polar surface area (TPSA) is 50.7 Å². The van der Waals surface area contributed by atoms with Gasteiger partial charge in [-0.1, -0.05) is 52.4 Å². The van der Waals surface area contributed by atoms with Crippen molar-refractivity contribution in [2.24, 2.45) is 5.92 Å². The van der Waals surface area contributed by atoms with Gasteiger partial charge >= 0.3 is 0 Å². The van der Waals surface area contributed by atoms with Crippen molar-refractivity contribution in [1.29, 1.82) is 0 Å². The molecule has 21 heavy (non-hydrogen) atoms. The molecule has 4 heteroatoms. The summed E-state index contributed by atoms with van der Waals surface area (Å²) in [6.07, 6.45) is 9.32. The molecule has 2 aliphatic rings. The fourth-order valence-electron chi connectivity index (χ4n) is 3.65. The Hall–Kier alpha value is -0.160. The monoisotopic (exact) mass is 299 g/mol. The van der Waals surface area contributed by atoms with Crippen LogP contribution in [0.1, 0.15) is 72.1 Å². The predicted octanol–water partition coefficient (Wildman–Crippen LogP) is 3.18. The Balaban J connectivity index is 1.92. The lowest BCUT2D eigenvalue weighted by Gasteiger charge is -2.51. The second kappa shape index (κ2) is 8.47. The van der Waals surface area contributed by atoms with Crippen LogP contribution in [0.15, 0.2) is 0 Å². The zero-order valence-corrected chi connectivity index (χ0v) is 13.9. The zero-order chi connectivity index (χ0) is 15.2. The number of hydrogen-bond donors (Lipinski definition) is 2. The Kier molecular flexibility index (Phi) is 6.93. The minimum atomic E-state index is -0.485. The van der Waals surface area contributed by atoms with E-state index in [4.69, 9.17) is 9.57 Å². The first-order valence-corrected chi connectivity index (χ1v) is 8.93. The van der Waals surface area contributed by atoms with Crippen LogP contribution < -0.4 is 5.48 Å². The van der Waals surface area contributed by atoms with Crippen molar-refractivity contribution in [2.75, 3.05) is 0 Å². The van der Waals surface area contributed by atoms with E-state index in [9.17, 15) is 5.11 Å². The molecule has 0 radical (unpaired) electrons. The van der Waals surface area contributed by atoms with Crippen LogP contribution in [-0.2, 0) is 9.57 Å². The minimum absolute atomic E-state index is 0.0583. The number of nitrogens with one attached hydrogen (secondary N) is 1. The van der Waals surface area contributed by atoms with E-state index in [0.29, 0.717) is 5.92 Å². The summed E-state index contributed by atoms with van der Waals surface area (Å²) < 4.78 is 6.16. The van der Waals surface area contributed by atoms with Crippen LogP contribution in [0.3, 0.4) is 0 Å². The number of hydroxylamine groups is 1.